The van der Waals surface area contributed by atoms with E-state index in [1.807, 2.05) is 18.2 Å². The number of aromatic nitrogens is 3. The van der Waals surface area contributed by atoms with Gasteiger partial charge in [-0.25, -0.2) is 4.98 Å². The number of thiazole rings is 1. The Labute approximate surface area is 165 Å². The van der Waals surface area contributed by atoms with Crippen molar-refractivity contribution in [3.8, 4) is 0 Å². The van der Waals surface area contributed by atoms with Crippen LogP contribution in [0.15, 0.2) is 48.0 Å². The summed E-state index contributed by atoms with van der Waals surface area (Å²) >= 11 is 6.54. The summed E-state index contributed by atoms with van der Waals surface area (Å²) in [5, 5.41) is 0. The van der Waals surface area contributed by atoms with Crippen molar-refractivity contribution in [1.82, 2.24) is 19.0 Å². The van der Waals surface area contributed by atoms with Crippen molar-refractivity contribution in [1.29, 1.82) is 0 Å². The van der Waals surface area contributed by atoms with Crippen LogP contribution in [0.4, 0.5) is 0 Å². The van der Waals surface area contributed by atoms with Gasteiger partial charge in [0.25, 0.3) is 5.56 Å². The first-order chi connectivity index (χ1) is 13.1. The molecule has 0 aliphatic carbocycles. The number of amides is 1. The molecule has 1 aliphatic rings. The molecule has 1 aromatic carbocycles. The van der Waals surface area contributed by atoms with Gasteiger partial charge >= 0.3 is 0 Å². The number of carbonyl (C=O) groups is 1. The molecular weight excluding hydrogens is 380 g/mol. The van der Waals surface area contributed by atoms with Crippen LogP contribution in [0.3, 0.4) is 0 Å². The topological polar surface area (TPSA) is 60.1 Å². The average Bonchev–Trinajstić information content (AvgIpc) is 3.00. The van der Waals surface area contributed by atoms with Gasteiger partial charge in [-0.3, -0.25) is 14.2 Å². The Balaban J connectivity index is 1.60. The number of rotatable bonds is 4. The first kappa shape index (κ1) is 17.8. The molecule has 1 aliphatic heterocycles. The molecule has 2 aromatic heterocycles. The second-order valence-electron chi connectivity index (χ2n) is 6.43. The molecule has 0 atom stereocenters. The van der Waals surface area contributed by atoms with E-state index in [0.717, 1.165) is 12.0 Å². The molecular formula is C19H18N4O2S2. The zero-order valence-electron chi connectivity index (χ0n) is 14.6. The summed E-state index contributed by atoms with van der Waals surface area (Å²) < 4.78 is 4.19. The molecule has 0 saturated heterocycles. The highest BCUT2D eigenvalue weighted by Crippen LogP contribution is 2.20. The summed E-state index contributed by atoms with van der Waals surface area (Å²) in [6.07, 6.45) is 3.98. The molecule has 4 rings (SSSR count). The van der Waals surface area contributed by atoms with Gasteiger partial charge in [0.1, 0.15) is 17.6 Å². The van der Waals surface area contributed by atoms with E-state index in [2.05, 4.69) is 17.6 Å². The Kier molecular flexibility index (Phi) is 4.75. The van der Waals surface area contributed by atoms with Crippen LogP contribution in [-0.2, 0) is 30.8 Å². The van der Waals surface area contributed by atoms with E-state index >= 15 is 0 Å². The van der Waals surface area contributed by atoms with E-state index in [-0.39, 0.29) is 18.0 Å². The van der Waals surface area contributed by atoms with Gasteiger partial charge in [-0.1, -0.05) is 41.7 Å². The molecule has 8 heteroatoms. The largest absolute Gasteiger partial charge is 0.336 e. The summed E-state index contributed by atoms with van der Waals surface area (Å²) in [5.74, 6) is -0.0816. The maximum absolute atomic E-state index is 12.8. The van der Waals surface area contributed by atoms with Gasteiger partial charge in [-0.2, -0.15) is 0 Å². The highest BCUT2D eigenvalue weighted by molar-refractivity contribution is 7.73. The van der Waals surface area contributed by atoms with E-state index in [1.165, 1.54) is 27.8 Å². The summed E-state index contributed by atoms with van der Waals surface area (Å²) in [7, 11) is 0. The predicted molar refractivity (Wildman–Crippen MR) is 108 cm³/mol. The fourth-order valence-corrected chi connectivity index (χ4v) is 4.64. The number of hydrogen-bond acceptors (Lipinski definition) is 5. The first-order valence-corrected chi connectivity index (χ1v) is 9.85. The minimum Gasteiger partial charge on any atom is -0.336 e. The molecule has 0 bridgehead atoms. The molecule has 0 unspecified atom stereocenters. The lowest BCUT2D eigenvalue weighted by atomic mass is 10.00. The minimum absolute atomic E-state index is 0.0178. The van der Waals surface area contributed by atoms with E-state index in [0.29, 0.717) is 33.9 Å². The molecule has 0 radical (unpaired) electrons. The minimum atomic E-state index is -0.232. The van der Waals surface area contributed by atoms with Crippen LogP contribution >= 0.6 is 23.6 Å². The first-order valence-electron chi connectivity index (χ1n) is 8.62. The fraction of sp³-hybridized carbons (Fsp3) is 0.263. The third kappa shape index (κ3) is 3.26. The van der Waals surface area contributed by atoms with Crippen molar-refractivity contribution >= 4 is 39.8 Å². The maximum atomic E-state index is 12.8. The van der Waals surface area contributed by atoms with Gasteiger partial charge in [0, 0.05) is 19.6 Å². The SMILES string of the molecule is C=CCn1c(=S)sc2c(=O)n(CC(=O)N3CCc4ccccc4C3)cnc21. The smallest absolute Gasteiger partial charge is 0.273 e. The van der Waals surface area contributed by atoms with E-state index in [1.54, 1.807) is 15.5 Å². The van der Waals surface area contributed by atoms with Gasteiger partial charge in [0.05, 0.1) is 0 Å². The molecule has 0 spiro atoms. The normalized spacial score (nSPS) is 13.6. The zero-order chi connectivity index (χ0) is 19.0. The second-order valence-corrected chi connectivity index (χ2v) is 8.08. The lowest BCUT2D eigenvalue weighted by Gasteiger charge is -2.29. The Bertz CT molecular complexity index is 1160. The molecule has 3 aromatic rings. The lowest BCUT2D eigenvalue weighted by Crippen LogP contribution is -2.39. The standard InChI is InChI=1S/C19H18N4O2S2/c1-2-8-23-17-16(27-19(23)26)18(25)22(12-20-17)11-15(24)21-9-7-13-5-3-4-6-14(13)10-21/h2-6,12H,1,7-11H2. The molecule has 138 valence electrons. The van der Waals surface area contributed by atoms with Crippen LogP contribution < -0.4 is 5.56 Å². The van der Waals surface area contributed by atoms with Crippen molar-refractivity contribution in [2.45, 2.75) is 26.1 Å². The summed E-state index contributed by atoms with van der Waals surface area (Å²) in [6.45, 7) is 5.43. The van der Waals surface area contributed by atoms with Crippen LogP contribution in [0, 0.1) is 3.95 Å². The molecule has 3 heterocycles. The number of nitrogens with zero attached hydrogens (tertiary/aromatic N) is 4. The second kappa shape index (κ2) is 7.21. The third-order valence-electron chi connectivity index (χ3n) is 4.74. The van der Waals surface area contributed by atoms with E-state index in [9.17, 15) is 9.59 Å². The molecule has 1 amide bonds. The Hall–Kier alpha value is -2.58. The predicted octanol–water partition coefficient (Wildman–Crippen LogP) is 2.76. The lowest BCUT2D eigenvalue weighted by molar-refractivity contribution is -0.132. The van der Waals surface area contributed by atoms with Crippen LogP contribution in [-0.4, -0.2) is 31.5 Å². The highest BCUT2D eigenvalue weighted by Gasteiger charge is 2.21. The van der Waals surface area contributed by atoms with Crippen molar-refractivity contribution in [3.63, 3.8) is 0 Å². The molecule has 0 saturated carbocycles. The van der Waals surface area contributed by atoms with Crippen molar-refractivity contribution in [3.05, 3.63) is 68.7 Å². The van der Waals surface area contributed by atoms with Crippen LogP contribution in [0.5, 0.6) is 0 Å². The van der Waals surface area contributed by atoms with Gasteiger partial charge in [0.2, 0.25) is 5.91 Å². The number of allylic oxidation sites excluding steroid dienone is 1. The average molecular weight is 399 g/mol. The van der Waals surface area contributed by atoms with Gasteiger partial charge in [0.15, 0.2) is 9.60 Å². The van der Waals surface area contributed by atoms with Gasteiger partial charge < -0.3 is 9.47 Å². The van der Waals surface area contributed by atoms with Crippen LogP contribution in [0.1, 0.15) is 11.1 Å². The molecule has 0 N–H and O–H groups in total. The third-order valence-corrected chi connectivity index (χ3v) is 6.17. The highest BCUT2D eigenvalue weighted by atomic mass is 32.1. The number of hydrogen-bond donors (Lipinski definition) is 0. The van der Waals surface area contributed by atoms with Crippen molar-refractivity contribution < 1.29 is 4.79 Å². The molecule has 0 fully saturated rings. The monoisotopic (exact) mass is 398 g/mol. The van der Waals surface area contributed by atoms with Crippen molar-refractivity contribution in [2.75, 3.05) is 6.54 Å². The fourth-order valence-electron chi connectivity index (χ4n) is 3.33. The Morgan fingerprint density at radius 2 is 2.11 bits per heavy atom. The quantitative estimate of drug-likeness (QED) is 0.501. The van der Waals surface area contributed by atoms with Gasteiger partial charge in [-0.05, 0) is 29.8 Å². The van der Waals surface area contributed by atoms with Gasteiger partial charge in [-0.15, -0.1) is 6.58 Å². The van der Waals surface area contributed by atoms with Crippen LogP contribution in [0.25, 0.3) is 10.3 Å². The number of fused-ring (bicyclic) bond motifs is 2. The Morgan fingerprint density at radius 3 is 2.89 bits per heavy atom. The summed E-state index contributed by atoms with van der Waals surface area (Å²) in [4.78, 5) is 31.7. The zero-order valence-corrected chi connectivity index (χ0v) is 16.3. The number of benzene rings is 1. The number of carbonyl (C=O) groups excluding carboxylic acids is 1. The van der Waals surface area contributed by atoms with E-state index < -0.39 is 0 Å². The van der Waals surface area contributed by atoms with Crippen molar-refractivity contribution in [2.24, 2.45) is 0 Å². The van der Waals surface area contributed by atoms with Crippen LogP contribution in [0.2, 0.25) is 0 Å². The van der Waals surface area contributed by atoms with E-state index in [4.69, 9.17) is 12.2 Å². The summed E-state index contributed by atoms with van der Waals surface area (Å²) in [6, 6.07) is 8.14. The Morgan fingerprint density at radius 1 is 1.33 bits per heavy atom. The molecule has 27 heavy (non-hydrogen) atoms. The molecule has 6 nitrogen and oxygen atoms in total. The summed E-state index contributed by atoms with van der Waals surface area (Å²) in [5.41, 5.74) is 2.76. The maximum Gasteiger partial charge on any atom is 0.273 e.